The topological polar surface area (TPSA) is 64.1 Å². The van der Waals surface area contributed by atoms with E-state index in [0.29, 0.717) is 10.7 Å². The quantitative estimate of drug-likeness (QED) is 0.810. The Labute approximate surface area is 136 Å². The van der Waals surface area contributed by atoms with Crippen molar-refractivity contribution in [2.45, 2.75) is 26.4 Å². The van der Waals surface area contributed by atoms with Crippen LogP contribution >= 0.6 is 11.3 Å². The predicted octanol–water partition coefficient (Wildman–Crippen LogP) is 3.91. The molecule has 0 aliphatic heterocycles. The largest absolute Gasteiger partial charge is 0.435 e. The lowest BCUT2D eigenvalue weighted by Crippen LogP contribution is -2.07. The Kier molecular flexibility index (Phi) is 5.75. The minimum absolute atomic E-state index is 0.0664. The fraction of sp³-hybridized carbons (Fsp3) is 0.267. The van der Waals surface area contributed by atoms with E-state index in [2.05, 4.69) is 20.3 Å². The Morgan fingerprint density at radius 2 is 1.96 bits per heavy atom. The molecule has 23 heavy (non-hydrogen) atoms. The number of aromatic nitrogens is 2. The van der Waals surface area contributed by atoms with Gasteiger partial charge in [0.2, 0.25) is 11.0 Å². The molecule has 1 aromatic heterocycles. The van der Waals surface area contributed by atoms with E-state index < -0.39 is 6.61 Å². The van der Waals surface area contributed by atoms with Crippen LogP contribution in [0.2, 0.25) is 0 Å². The van der Waals surface area contributed by atoms with Gasteiger partial charge in [0, 0.05) is 12.0 Å². The van der Waals surface area contributed by atoms with Gasteiger partial charge < -0.3 is 4.74 Å². The lowest BCUT2D eigenvalue weighted by Gasteiger charge is -2.03. The van der Waals surface area contributed by atoms with Gasteiger partial charge in [-0.1, -0.05) is 37.3 Å². The third-order valence-electron chi connectivity index (χ3n) is 2.70. The number of alkyl halides is 2. The summed E-state index contributed by atoms with van der Waals surface area (Å²) in [6, 6.07) is 5.96. The van der Waals surface area contributed by atoms with Crippen molar-refractivity contribution in [2.24, 2.45) is 0 Å². The molecule has 8 heteroatoms. The number of amides is 1. The van der Waals surface area contributed by atoms with Gasteiger partial charge in [-0.05, 0) is 23.8 Å². The summed E-state index contributed by atoms with van der Waals surface area (Å²) >= 11 is 1.32. The van der Waals surface area contributed by atoms with Crippen LogP contribution in [-0.4, -0.2) is 22.7 Å². The van der Waals surface area contributed by atoms with Crippen molar-refractivity contribution in [2.75, 3.05) is 5.32 Å². The molecule has 122 valence electrons. The summed E-state index contributed by atoms with van der Waals surface area (Å²) in [5.41, 5.74) is 0.682. The van der Waals surface area contributed by atoms with Crippen LogP contribution in [-0.2, 0) is 4.79 Å². The number of nitrogens with zero attached hydrogens (tertiary/aromatic N) is 2. The van der Waals surface area contributed by atoms with Crippen LogP contribution in [0.3, 0.4) is 0 Å². The first-order valence-corrected chi connectivity index (χ1v) is 7.63. The van der Waals surface area contributed by atoms with Crippen molar-refractivity contribution in [1.82, 2.24) is 10.2 Å². The number of hydrogen-bond acceptors (Lipinski definition) is 5. The van der Waals surface area contributed by atoms with E-state index in [-0.39, 0.29) is 17.6 Å². The minimum atomic E-state index is -2.86. The normalized spacial score (nSPS) is 11.4. The van der Waals surface area contributed by atoms with E-state index in [4.69, 9.17) is 0 Å². The van der Waals surface area contributed by atoms with Gasteiger partial charge in [-0.3, -0.25) is 10.1 Å². The monoisotopic (exact) mass is 339 g/mol. The first kappa shape index (κ1) is 17.0. The molecule has 0 aliphatic rings. The highest BCUT2D eigenvalue weighted by molar-refractivity contribution is 7.15. The van der Waals surface area contributed by atoms with Gasteiger partial charge in [0.05, 0.1) is 0 Å². The van der Waals surface area contributed by atoms with Gasteiger partial charge in [-0.15, -0.1) is 10.2 Å². The summed E-state index contributed by atoms with van der Waals surface area (Å²) in [6.07, 6.45) is 2.89. The lowest BCUT2D eigenvalue weighted by molar-refractivity contribution is -0.111. The molecule has 0 fully saturated rings. The lowest BCUT2D eigenvalue weighted by atomic mass is 10.2. The number of hydrogen-bond donors (Lipinski definition) is 1. The second-order valence-electron chi connectivity index (χ2n) is 4.87. The fourth-order valence-electron chi connectivity index (χ4n) is 1.60. The van der Waals surface area contributed by atoms with Crippen LogP contribution in [0, 0.1) is 0 Å². The highest BCUT2D eigenvalue weighted by Crippen LogP contribution is 2.22. The summed E-state index contributed by atoms with van der Waals surface area (Å²) in [7, 11) is 0. The number of carbonyl (C=O) groups excluding carboxylic acids is 1. The highest BCUT2D eigenvalue weighted by Gasteiger charge is 2.09. The second kappa shape index (κ2) is 7.77. The average molecular weight is 339 g/mol. The first-order chi connectivity index (χ1) is 10.9. The predicted molar refractivity (Wildman–Crippen MR) is 84.7 cm³/mol. The molecule has 0 aliphatic carbocycles. The van der Waals surface area contributed by atoms with Gasteiger partial charge in [0.25, 0.3) is 0 Å². The van der Waals surface area contributed by atoms with Gasteiger partial charge in [0.1, 0.15) is 10.8 Å². The molecule has 2 aromatic rings. The molecule has 0 unspecified atom stereocenters. The maximum Gasteiger partial charge on any atom is 0.387 e. The number of ether oxygens (including phenoxy) is 1. The van der Waals surface area contributed by atoms with Crippen LogP contribution in [0.25, 0.3) is 6.08 Å². The van der Waals surface area contributed by atoms with E-state index >= 15 is 0 Å². The van der Waals surface area contributed by atoms with Gasteiger partial charge in [-0.25, -0.2) is 0 Å². The Morgan fingerprint density at radius 1 is 1.26 bits per heavy atom. The van der Waals surface area contributed by atoms with E-state index in [1.165, 1.54) is 29.5 Å². The molecule has 1 N–H and O–H groups in total. The molecule has 0 radical (unpaired) electrons. The Bertz CT molecular complexity index is 684. The molecule has 1 amide bonds. The van der Waals surface area contributed by atoms with Crippen molar-refractivity contribution in [3.63, 3.8) is 0 Å². The molecule has 0 bridgehead atoms. The molecule has 0 spiro atoms. The van der Waals surface area contributed by atoms with Gasteiger partial charge in [0.15, 0.2) is 0 Å². The van der Waals surface area contributed by atoms with Crippen LogP contribution in [0.1, 0.15) is 30.3 Å². The molecule has 1 aromatic carbocycles. The molecule has 2 rings (SSSR count). The summed E-state index contributed by atoms with van der Waals surface area (Å²) in [4.78, 5) is 11.8. The zero-order valence-electron chi connectivity index (χ0n) is 12.5. The highest BCUT2D eigenvalue weighted by atomic mass is 32.1. The molecule has 1 heterocycles. The van der Waals surface area contributed by atoms with E-state index in [1.807, 2.05) is 13.8 Å². The third-order valence-corrected chi connectivity index (χ3v) is 3.84. The van der Waals surface area contributed by atoms with Crippen molar-refractivity contribution >= 4 is 28.5 Å². The van der Waals surface area contributed by atoms with Gasteiger partial charge in [-0.2, -0.15) is 8.78 Å². The summed E-state index contributed by atoms with van der Waals surface area (Å²) in [5, 5.41) is 11.8. The van der Waals surface area contributed by atoms with Crippen molar-refractivity contribution in [3.8, 4) is 5.75 Å². The molecule has 0 saturated carbocycles. The number of anilines is 1. The Balaban J connectivity index is 1.92. The Morgan fingerprint density at radius 3 is 2.52 bits per heavy atom. The smallest absolute Gasteiger partial charge is 0.387 e. The van der Waals surface area contributed by atoms with Crippen LogP contribution in [0.4, 0.5) is 13.9 Å². The van der Waals surface area contributed by atoms with E-state index in [9.17, 15) is 13.6 Å². The number of benzene rings is 1. The minimum Gasteiger partial charge on any atom is -0.435 e. The van der Waals surface area contributed by atoms with Crippen LogP contribution < -0.4 is 10.1 Å². The molecular formula is C15H15F2N3O2S. The second-order valence-corrected chi connectivity index (χ2v) is 5.88. The van der Waals surface area contributed by atoms with Gasteiger partial charge >= 0.3 is 6.61 Å². The summed E-state index contributed by atoms with van der Waals surface area (Å²) < 4.78 is 28.3. The maximum absolute atomic E-state index is 12.0. The number of rotatable bonds is 6. The Hall–Kier alpha value is -2.35. The fourth-order valence-corrected chi connectivity index (χ4v) is 2.35. The zero-order valence-corrected chi connectivity index (χ0v) is 13.3. The first-order valence-electron chi connectivity index (χ1n) is 6.81. The van der Waals surface area contributed by atoms with Crippen LogP contribution in [0.15, 0.2) is 30.3 Å². The van der Waals surface area contributed by atoms with Crippen LogP contribution in [0.5, 0.6) is 5.75 Å². The van der Waals surface area contributed by atoms with E-state index in [1.54, 1.807) is 18.2 Å². The molecule has 5 nitrogen and oxygen atoms in total. The third kappa shape index (κ3) is 5.41. The molecular weight excluding hydrogens is 324 g/mol. The van der Waals surface area contributed by atoms with Crippen molar-refractivity contribution in [3.05, 3.63) is 40.9 Å². The average Bonchev–Trinajstić information content (AvgIpc) is 2.95. The SMILES string of the molecule is CC(C)c1nnc(NC(=O)/C=C/c2ccc(OC(F)F)cc2)s1. The van der Waals surface area contributed by atoms with Crippen molar-refractivity contribution < 1.29 is 18.3 Å². The standard InChI is InChI=1S/C15H15F2N3O2S/c1-9(2)13-19-20-15(23-13)18-12(21)8-5-10-3-6-11(7-4-10)22-14(16)17/h3-9,14H,1-2H3,(H,18,20,21)/b8-5+. The molecule has 0 atom stereocenters. The van der Waals surface area contributed by atoms with Crippen molar-refractivity contribution in [1.29, 1.82) is 0 Å². The number of halogens is 2. The van der Waals surface area contributed by atoms with E-state index in [0.717, 1.165) is 5.01 Å². The zero-order chi connectivity index (χ0) is 16.8. The summed E-state index contributed by atoms with van der Waals surface area (Å²) in [5.74, 6) is -0.0243. The summed E-state index contributed by atoms with van der Waals surface area (Å²) in [6.45, 7) is 1.13. The number of carbonyl (C=O) groups is 1. The molecule has 0 saturated heterocycles. The maximum atomic E-state index is 12.0. The number of nitrogens with one attached hydrogen (secondary N) is 1.